The zero-order valence-electron chi connectivity index (χ0n) is 20.3. The van der Waals surface area contributed by atoms with Crippen molar-refractivity contribution < 1.29 is 14.3 Å². The van der Waals surface area contributed by atoms with Gasteiger partial charge < -0.3 is 14.8 Å². The lowest BCUT2D eigenvalue weighted by atomic mass is 9.65. The van der Waals surface area contributed by atoms with E-state index in [2.05, 4.69) is 31.0 Å². The first-order valence-corrected chi connectivity index (χ1v) is 11.9. The van der Waals surface area contributed by atoms with Gasteiger partial charge in [0.15, 0.2) is 0 Å². The van der Waals surface area contributed by atoms with Crippen LogP contribution in [0.5, 0.6) is 5.75 Å². The zero-order valence-corrected chi connectivity index (χ0v) is 20.3. The highest BCUT2D eigenvalue weighted by molar-refractivity contribution is 6.14. The Balaban J connectivity index is 1.51. The van der Waals surface area contributed by atoms with E-state index in [1.165, 1.54) is 12.8 Å². The van der Waals surface area contributed by atoms with Crippen LogP contribution in [0.1, 0.15) is 67.3 Å². The molecule has 1 aliphatic carbocycles. The third kappa shape index (κ3) is 4.04. The van der Waals surface area contributed by atoms with E-state index in [4.69, 9.17) is 4.42 Å². The van der Waals surface area contributed by atoms with Gasteiger partial charge in [0.05, 0.1) is 5.56 Å². The molecule has 2 atom stereocenters. The van der Waals surface area contributed by atoms with E-state index >= 15 is 0 Å². The predicted octanol–water partition coefficient (Wildman–Crippen LogP) is 6.41. The molecule has 2 aliphatic rings. The lowest BCUT2D eigenvalue weighted by Crippen LogP contribution is -2.34. The van der Waals surface area contributed by atoms with E-state index < -0.39 is 0 Å². The fourth-order valence-electron chi connectivity index (χ4n) is 6.60. The summed E-state index contributed by atoms with van der Waals surface area (Å²) >= 11 is 0. The number of fused-ring (bicyclic) bond motifs is 3. The zero-order chi connectivity index (χ0) is 23.5. The van der Waals surface area contributed by atoms with Crippen molar-refractivity contribution in [3.8, 4) is 5.75 Å². The monoisotopic (exact) mass is 446 g/mol. The highest BCUT2D eigenvalue weighted by atomic mass is 16.3. The molecule has 3 aromatic rings. The molecule has 33 heavy (non-hydrogen) atoms. The van der Waals surface area contributed by atoms with Crippen LogP contribution in [-0.2, 0) is 6.54 Å². The Bertz CT molecular complexity index is 1220. The van der Waals surface area contributed by atoms with Gasteiger partial charge in [-0.2, -0.15) is 0 Å². The number of amides is 1. The van der Waals surface area contributed by atoms with Gasteiger partial charge in [0, 0.05) is 35.8 Å². The number of furan rings is 1. The minimum Gasteiger partial charge on any atom is -0.508 e. The topological polar surface area (TPSA) is 65.7 Å². The molecule has 1 amide bonds. The van der Waals surface area contributed by atoms with Crippen LogP contribution in [0.4, 0.5) is 5.69 Å². The number of hydrogen-bond donors (Lipinski definition) is 2. The fraction of sp³-hybridized carbons (Fsp3) is 0.464. The SMILES string of the molecule is Cc1ccc(NC(=O)c2c(C)oc3ccc(O)c(CN4CC5(C)CC4CC(C)(C)C5)c23)cc1. The number of anilines is 1. The largest absolute Gasteiger partial charge is 0.508 e. The van der Waals surface area contributed by atoms with Crippen LogP contribution in [-0.4, -0.2) is 28.5 Å². The lowest BCUT2D eigenvalue weighted by molar-refractivity contribution is 0.102. The average molecular weight is 447 g/mol. The van der Waals surface area contributed by atoms with Gasteiger partial charge in [0.1, 0.15) is 17.1 Å². The molecule has 1 saturated heterocycles. The number of nitrogens with zero attached hydrogens (tertiary/aromatic N) is 1. The standard InChI is InChI=1S/C28H34N2O3/c1-17-6-8-19(9-7-17)29-26(32)24-18(2)33-23-11-10-22(31)21(25(23)24)14-30-16-28(5)13-20(30)12-27(3,4)15-28/h6-11,20,31H,12-16H2,1-5H3,(H,29,32). The number of carbonyl (C=O) groups excluding carboxylic acids is 1. The first-order valence-electron chi connectivity index (χ1n) is 11.9. The van der Waals surface area contributed by atoms with E-state index in [-0.39, 0.29) is 11.7 Å². The molecular formula is C28H34N2O3. The third-order valence-corrected chi connectivity index (χ3v) is 7.54. The van der Waals surface area contributed by atoms with Crippen molar-refractivity contribution in [1.29, 1.82) is 0 Å². The Morgan fingerprint density at radius 2 is 1.85 bits per heavy atom. The molecule has 2 aromatic carbocycles. The smallest absolute Gasteiger partial charge is 0.259 e. The number of rotatable bonds is 4. The Hall–Kier alpha value is -2.79. The number of nitrogens with one attached hydrogen (secondary N) is 1. The van der Waals surface area contributed by atoms with Crippen LogP contribution in [0.25, 0.3) is 11.0 Å². The third-order valence-electron chi connectivity index (χ3n) is 7.54. The molecule has 2 heterocycles. The first-order chi connectivity index (χ1) is 15.5. The average Bonchev–Trinajstić information content (AvgIpc) is 3.17. The molecule has 5 heteroatoms. The molecular weight excluding hydrogens is 412 g/mol. The first kappa shape index (κ1) is 22.0. The fourth-order valence-corrected chi connectivity index (χ4v) is 6.60. The summed E-state index contributed by atoms with van der Waals surface area (Å²) in [6, 6.07) is 11.7. The van der Waals surface area contributed by atoms with E-state index in [9.17, 15) is 9.90 Å². The molecule has 5 rings (SSSR count). The number of hydrogen-bond acceptors (Lipinski definition) is 4. The second-order valence-electron chi connectivity index (χ2n) is 11.4. The van der Waals surface area contributed by atoms with Crippen LogP contribution in [0.15, 0.2) is 40.8 Å². The molecule has 2 unspecified atom stereocenters. The summed E-state index contributed by atoms with van der Waals surface area (Å²) in [6.45, 7) is 12.6. The highest BCUT2D eigenvalue weighted by Gasteiger charge is 2.49. The minimum absolute atomic E-state index is 0.213. The Morgan fingerprint density at radius 1 is 1.12 bits per heavy atom. The van der Waals surface area contributed by atoms with Crippen LogP contribution >= 0.6 is 0 Å². The maximum absolute atomic E-state index is 13.3. The summed E-state index contributed by atoms with van der Waals surface area (Å²) in [5.74, 6) is 0.573. The lowest BCUT2D eigenvalue weighted by Gasteiger charge is -2.40. The normalized spacial score (nSPS) is 24.3. The van der Waals surface area contributed by atoms with Crippen molar-refractivity contribution in [1.82, 2.24) is 4.90 Å². The maximum atomic E-state index is 13.3. The predicted molar refractivity (Wildman–Crippen MR) is 132 cm³/mol. The van der Waals surface area contributed by atoms with Crippen LogP contribution in [0.3, 0.4) is 0 Å². The number of carbonyl (C=O) groups is 1. The van der Waals surface area contributed by atoms with E-state index in [1.807, 2.05) is 38.1 Å². The number of phenols is 1. The second kappa shape index (κ2) is 7.63. The van der Waals surface area contributed by atoms with Crippen LogP contribution in [0, 0.1) is 24.7 Å². The summed E-state index contributed by atoms with van der Waals surface area (Å²) in [5, 5.41) is 14.6. The van der Waals surface area contributed by atoms with E-state index in [0.717, 1.165) is 35.2 Å². The molecule has 5 nitrogen and oxygen atoms in total. The van der Waals surface area contributed by atoms with Gasteiger partial charge in [-0.05, 0) is 68.2 Å². The summed E-state index contributed by atoms with van der Waals surface area (Å²) in [6.07, 6.45) is 3.57. The summed E-state index contributed by atoms with van der Waals surface area (Å²) in [4.78, 5) is 15.9. The number of aryl methyl sites for hydroxylation is 2. The summed E-state index contributed by atoms with van der Waals surface area (Å²) in [5.41, 5.74) is 4.43. The Labute approximate surface area is 195 Å². The van der Waals surface area contributed by atoms with E-state index in [0.29, 0.717) is 40.3 Å². The van der Waals surface area contributed by atoms with Crippen molar-refractivity contribution in [2.75, 3.05) is 11.9 Å². The van der Waals surface area contributed by atoms with E-state index in [1.54, 1.807) is 12.1 Å². The van der Waals surface area contributed by atoms with Gasteiger partial charge >= 0.3 is 0 Å². The van der Waals surface area contributed by atoms with Gasteiger partial charge in [0.2, 0.25) is 0 Å². The molecule has 1 aromatic heterocycles. The van der Waals surface area contributed by atoms with Crippen LogP contribution < -0.4 is 5.32 Å². The maximum Gasteiger partial charge on any atom is 0.259 e. The van der Waals surface area contributed by atoms with Crippen molar-refractivity contribution in [2.45, 2.75) is 66.5 Å². The van der Waals surface area contributed by atoms with Crippen molar-refractivity contribution in [3.05, 3.63) is 58.8 Å². The molecule has 2 fully saturated rings. The van der Waals surface area contributed by atoms with Gasteiger partial charge in [0.25, 0.3) is 5.91 Å². The molecule has 2 N–H and O–H groups in total. The summed E-state index contributed by atoms with van der Waals surface area (Å²) in [7, 11) is 0. The van der Waals surface area contributed by atoms with Gasteiger partial charge in [-0.15, -0.1) is 0 Å². The quantitative estimate of drug-likeness (QED) is 0.486. The molecule has 2 bridgehead atoms. The number of likely N-dealkylation sites (tertiary alicyclic amines) is 1. The van der Waals surface area contributed by atoms with Crippen molar-refractivity contribution in [2.24, 2.45) is 10.8 Å². The number of aromatic hydroxyl groups is 1. The Morgan fingerprint density at radius 3 is 2.58 bits per heavy atom. The molecule has 1 aliphatic heterocycles. The molecule has 1 saturated carbocycles. The van der Waals surface area contributed by atoms with Gasteiger partial charge in [-0.1, -0.05) is 38.5 Å². The van der Waals surface area contributed by atoms with Gasteiger partial charge in [-0.3, -0.25) is 9.69 Å². The molecule has 0 radical (unpaired) electrons. The van der Waals surface area contributed by atoms with Crippen molar-refractivity contribution >= 4 is 22.6 Å². The molecule has 0 spiro atoms. The second-order valence-corrected chi connectivity index (χ2v) is 11.4. The minimum atomic E-state index is -0.213. The van der Waals surface area contributed by atoms with Crippen molar-refractivity contribution in [3.63, 3.8) is 0 Å². The van der Waals surface area contributed by atoms with Gasteiger partial charge in [-0.25, -0.2) is 0 Å². The van der Waals surface area contributed by atoms with Crippen LogP contribution in [0.2, 0.25) is 0 Å². The summed E-state index contributed by atoms with van der Waals surface area (Å²) < 4.78 is 5.99. The number of phenolic OH excluding ortho intramolecular Hbond substituents is 1. The Kier molecular flexibility index (Phi) is 5.09. The number of benzene rings is 2. The molecule has 174 valence electrons. The highest BCUT2D eigenvalue weighted by Crippen LogP contribution is 2.53.